The van der Waals surface area contributed by atoms with Crippen LogP contribution < -0.4 is 15.4 Å². The third kappa shape index (κ3) is 5.33. The van der Waals surface area contributed by atoms with Gasteiger partial charge in [-0.15, -0.1) is 0 Å². The van der Waals surface area contributed by atoms with E-state index in [1.54, 1.807) is 12.1 Å². The van der Waals surface area contributed by atoms with Crippen LogP contribution in [0.5, 0.6) is 5.75 Å². The van der Waals surface area contributed by atoms with Crippen LogP contribution in [0.3, 0.4) is 0 Å². The van der Waals surface area contributed by atoms with Gasteiger partial charge in [0, 0.05) is 25.9 Å². The number of ether oxygens (including phenoxy) is 1. The molecule has 3 rings (SSSR count). The highest BCUT2D eigenvalue weighted by Gasteiger charge is 2.24. The number of nitrogens with zero attached hydrogens (tertiary/aromatic N) is 2. The fraction of sp³-hybridized carbons (Fsp3) is 0.136. The molecule has 0 radical (unpaired) electrons. The summed E-state index contributed by atoms with van der Waals surface area (Å²) in [5, 5.41) is 5.08. The Labute approximate surface area is 190 Å². The quantitative estimate of drug-likeness (QED) is 0.546. The molecule has 33 heavy (non-hydrogen) atoms. The van der Waals surface area contributed by atoms with Crippen molar-refractivity contribution in [2.24, 2.45) is 0 Å². The number of halogens is 1. The maximum atomic E-state index is 13.9. The van der Waals surface area contributed by atoms with E-state index in [4.69, 9.17) is 4.74 Å². The van der Waals surface area contributed by atoms with Crippen molar-refractivity contribution in [2.45, 2.75) is 4.90 Å². The molecule has 1 aromatic heterocycles. The molecule has 0 aliphatic carbocycles. The van der Waals surface area contributed by atoms with E-state index in [9.17, 15) is 22.4 Å². The first-order valence-electron chi connectivity index (χ1n) is 9.57. The van der Waals surface area contributed by atoms with Crippen LogP contribution >= 0.6 is 0 Å². The molecule has 0 fully saturated rings. The Kier molecular flexibility index (Phi) is 7.04. The predicted molar refractivity (Wildman–Crippen MR) is 120 cm³/mol. The Bertz CT molecular complexity index is 1300. The van der Waals surface area contributed by atoms with Crippen LogP contribution in [-0.2, 0) is 10.0 Å². The zero-order valence-corrected chi connectivity index (χ0v) is 18.8. The molecule has 0 unspecified atom stereocenters. The van der Waals surface area contributed by atoms with E-state index in [0.29, 0.717) is 0 Å². The number of carbonyl (C=O) groups excluding carboxylic acids is 2. The van der Waals surface area contributed by atoms with Crippen molar-refractivity contribution >= 4 is 33.2 Å². The minimum atomic E-state index is -3.91. The molecule has 3 aromatic rings. The summed E-state index contributed by atoms with van der Waals surface area (Å²) in [6, 6.07) is 12.1. The summed E-state index contributed by atoms with van der Waals surface area (Å²) in [7, 11) is 0.111. The van der Waals surface area contributed by atoms with Crippen molar-refractivity contribution in [3.63, 3.8) is 0 Å². The van der Waals surface area contributed by atoms with Crippen LogP contribution in [0.1, 0.15) is 20.8 Å². The topological polar surface area (TPSA) is 118 Å². The summed E-state index contributed by atoms with van der Waals surface area (Å²) in [5.74, 6) is -1.85. The lowest BCUT2D eigenvalue weighted by atomic mass is 10.2. The second kappa shape index (κ2) is 9.76. The number of hydrogen-bond donors (Lipinski definition) is 2. The number of sulfonamides is 1. The van der Waals surface area contributed by atoms with Crippen molar-refractivity contribution in [1.29, 1.82) is 0 Å². The van der Waals surface area contributed by atoms with Gasteiger partial charge < -0.3 is 15.4 Å². The molecule has 9 nitrogen and oxygen atoms in total. The number of rotatable bonds is 7. The van der Waals surface area contributed by atoms with Crippen LogP contribution in [0, 0.1) is 5.82 Å². The van der Waals surface area contributed by atoms with Crippen LogP contribution in [0.4, 0.5) is 15.8 Å². The fourth-order valence-electron chi connectivity index (χ4n) is 2.82. The smallest absolute Gasteiger partial charge is 0.274 e. The maximum Gasteiger partial charge on any atom is 0.274 e. The number of amides is 2. The standard InChI is InChI=1S/C22H21FN4O5S/c1-27(2)33(30,31)20-12-14(7-10-19(20)32-3)21(28)26-18-13-15(23)8-9-16(18)25-22(29)17-6-4-5-11-24-17/h4-13H,1-3H3,(H,25,29)(H,26,28). The van der Waals surface area contributed by atoms with Crippen LogP contribution in [0.25, 0.3) is 0 Å². The number of anilines is 2. The monoisotopic (exact) mass is 472 g/mol. The van der Waals surface area contributed by atoms with Gasteiger partial charge in [0.1, 0.15) is 22.2 Å². The SMILES string of the molecule is COc1ccc(C(=O)Nc2cc(F)ccc2NC(=O)c2ccccn2)cc1S(=O)(=O)N(C)C. The van der Waals surface area contributed by atoms with E-state index in [-0.39, 0.29) is 33.3 Å². The van der Waals surface area contributed by atoms with Gasteiger partial charge in [-0.3, -0.25) is 14.6 Å². The highest BCUT2D eigenvalue weighted by atomic mass is 32.2. The van der Waals surface area contributed by atoms with E-state index in [2.05, 4.69) is 15.6 Å². The summed E-state index contributed by atoms with van der Waals surface area (Å²) in [4.78, 5) is 29.0. The van der Waals surface area contributed by atoms with Crippen LogP contribution in [0.2, 0.25) is 0 Å². The van der Waals surface area contributed by atoms with Gasteiger partial charge in [0.25, 0.3) is 11.8 Å². The van der Waals surface area contributed by atoms with E-state index in [1.165, 1.54) is 51.7 Å². The molecular formula is C22H21FN4O5S. The first-order valence-corrected chi connectivity index (χ1v) is 11.0. The molecule has 0 bridgehead atoms. The van der Waals surface area contributed by atoms with Gasteiger partial charge in [0.15, 0.2) is 0 Å². The van der Waals surface area contributed by atoms with Crippen LogP contribution in [0.15, 0.2) is 65.7 Å². The largest absolute Gasteiger partial charge is 0.495 e. The summed E-state index contributed by atoms with van der Waals surface area (Å²) in [5.41, 5.74) is 0.238. The van der Waals surface area contributed by atoms with Gasteiger partial charge >= 0.3 is 0 Å². The number of hydrogen-bond acceptors (Lipinski definition) is 6. The first-order chi connectivity index (χ1) is 15.6. The van der Waals surface area contributed by atoms with E-state index >= 15 is 0 Å². The van der Waals surface area contributed by atoms with Gasteiger partial charge in [0.2, 0.25) is 10.0 Å². The molecule has 0 aliphatic heterocycles. The number of benzene rings is 2. The molecule has 2 aromatic carbocycles. The van der Waals surface area contributed by atoms with E-state index in [0.717, 1.165) is 22.5 Å². The van der Waals surface area contributed by atoms with Gasteiger partial charge in [-0.2, -0.15) is 0 Å². The van der Waals surface area contributed by atoms with Crippen molar-refractivity contribution in [1.82, 2.24) is 9.29 Å². The van der Waals surface area contributed by atoms with Crippen molar-refractivity contribution in [3.05, 3.63) is 77.9 Å². The summed E-state index contributed by atoms with van der Waals surface area (Å²) >= 11 is 0. The third-order valence-corrected chi connectivity index (χ3v) is 6.40. The fourth-order valence-corrected chi connectivity index (χ4v) is 3.90. The third-order valence-electron chi connectivity index (χ3n) is 4.56. The van der Waals surface area contributed by atoms with Crippen molar-refractivity contribution < 1.29 is 27.1 Å². The van der Waals surface area contributed by atoms with Crippen molar-refractivity contribution in [3.8, 4) is 5.75 Å². The average Bonchev–Trinajstić information content (AvgIpc) is 2.80. The lowest BCUT2D eigenvalue weighted by molar-refractivity contribution is 0.101. The average molecular weight is 472 g/mol. The lowest BCUT2D eigenvalue weighted by Crippen LogP contribution is -2.23. The summed E-state index contributed by atoms with van der Waals surface area (Å²) in [6.45, 7) is 0. The number of carbonyl (C=O) groups is 2. The Morgan fingerprint density at radius 3 is 2.33 bits per heavy atom. The molecule has 11 heteroatoms. The Morgan fingerprint density at radius 1 is 0.970 bits per heavy atom. The summed E-state index contributed by atoms with van der Waals surface area (Å²) in [6.07, 6.45) is 1.45. The zero-order valence-electron chi connectivity index (χ0n) is 18.0. The Balaban J connectivity index is 1.92. The minimum absolute atomic E-state index is 0.0116. The van der Waals surface area contributed by atoms with Gasteiger partial charge in [-0.25, -0.2) is 17.1 Å². The molecular weight excluding hydrogens is 451 g/mol. The Morgan fingerprint density at radius 2 is 1.70 bits per heavy atom. The summed E-state index contributed by atoms with van der Waals surface area (Å²) < 4.78 is 45.2. The number of nitrogens with one attached hydrogen (secondary N) is 2. The van der Waals surface area contributed by atoms with Crippen LogP contribution in [-0.4, -0.2) is 50.7 Å². The molecule has 0 saturated heterocycles. The maximum absolute atomic E-state index is 13.9. The van der Waals surface area contributed by atoms with Gasteiger partial charge in [-0.05, 0) is 48.5 Å². The zero-order chi connectivity index (χ0) is 24.2. The van der Waals surface area contributed by atoms with Gasteiger partial charge in [-0.1, -0.05) is 6.07 Å². The normalized spacial score (nSPS) is 11.2. The molecule has 0 aliphatic rings. The highest BCUT2D eigenvalue weighted by Crippen LogP contribution is 2.28. The molecule has 2 amide bonds. The first kappa shape index (κ1) is 23.8. The van der Waals surface area contributed by atoms with E-state index < -0.39 is 27.7 Å². The molecule has 172 valence electrons. The number of pyridine rings is 1. The second-order valence-corrected chi connectivity index (χ2v) is 9.09. The molecule has 1 heterocycles. The molecule has 0 atom stereocenters. The van der Waals surface area contributed by atoms with E-state index in [1.807, 2.05) is 0 Å². The Hall–Kier alpha value is -3.83. The molecule has 2 N–H and O–H groups in total. The molecule has 0 saturated carbocycles. The lowest BCUT2D eigenvalue weighted by Gasteiger charge is -2.16. The minimum Gasteiger partial charge on any atom is -0.495 e. The predicted octanol–water partition coefficient (Wildman–Crippen LogP) is 2.98. The second-order valence-electron chi connectivity index (χ2n) is 6.97. The number of aromatic nitrogens is 1. The van der Waals surface area contributed by atoms with Gasteiger partial charge in [0.05, 0.1) is 18.5 Å². The van der Waals surface area contributed by atoms with Crippen molar-refractivity contribution in [2.75, 3.05) is 31.8 Å². The number of methoxy groups -OCH3 is 1. The highest BCUT2D eigenvalue weighted by molar-refractivity contribution is 7.89. The molecule has 0 spiro atoms.